The largest absolute Gasteiger partial charge is 0.416 e. The highest BCUT2D eigenvalue weighted by molar-refractivity contribution is 7.92. The van der Waals surface area contributed by atoms with Crippen molar-refractivity contribution < 1.29 is 21.6 Å². The van der Waals surface area contributed by atoms with Crippen LogP contribution >= 0.6 is 0 Å². The summed E-state index contributed by atoms with van der Waals surface area (Å²) in [5.74, 6) is 0.429. The van der Waals surface area contributed by atoms with Gasteiger partial charge in [0.25, 0.3) is 10.0 Å². The van der Waals surface area contributed by atoms with E-state index in [9.17, 15) is 21.6 Å². The Kier molecular flexibility index (Phi) is 5.01. The predicted molar refractivity (Wildman–Crippen MR) is 108 cm³/mol. The number of anilines is 3. The zero-order valence-corrected chi connectivity index (χ0v) is 16.7. The van der Waals surface area contributed by atoms with Gasteiger partial charge in [-0.25, -0.2) is 18.4 Å². The van der Waals surface area contributed by atoms with Gasteiger partial charge in [-0.15, -0.1) is 0 Å². The molecule has 0 aliphatic rings. The number of halogens is 3. The van der Waals surface area contributed by atoms with Crippen molar-refractivity contribution in [2.24, 2.45) is 7.05 Å². The smallest absolute Gasteiger partial charge is 0.339 e. The van der Waals surface area contributed by atoms with E-state index in [-0.39, 0.29) is 10.6 Å². The van der Waals surface area contributed by atoms with E-state index < -0.39 is 21.8 Å². The highest BCUT2D eigenvalue weighted by atomic mass is 32.2. The number of aryl methyl sites for hydroxylation is 1. The van der Waals surface area contributed by atoms with Crippen LogP contribution < -0.4 is 10.0 Å². The lowest BCUT2D eigenvalue weighted by Crippen LogP contribution is -2.14. The fraction of sp³-hybridized carbons (Fsp3) is 0.105. The third-order valence-electron chi connectivity index (χ3n) is 4.38. The van der Waals surface area contributed by atoms with E-state index >= 15 is 0 Å². The molecule has 31 heavy (non-hydrogen) atoms. The molecule has 0 atom stereocenters. The standard InChI is InChI=1S/C19H15F3N6O2S/c1-28-18-16(10-25-28)17(23-11-24-18)26-13-5-3-7-15(9-13)31(29,30)27-14-6-2-4-12(8-14)19(20,21)22/h2-11,27H,1H3,(H,23,24,26). The summed E-state index contributed by atoms with van der Waals surface area (Å²) in [6.45, 7) is 0. The van der Waals surface area contributed by atoms with Crippen molar-refractivity contribution in [2.45, 2.75) is 11.1 Å². The number of sulfonamides is 1. The summed E-state index contributed by atoms with van der Waals surface area (Å²) in [6, 6.07) is 9.80. The molecule has 8 nitrogen and oxygen atoms in total. The molecule has 0 aliphatic carbocycles. The lowest BCUT2D eigenvalue weighted by Gasteiger charge is -2.12. The van der Waals surface area contributed by atoms with Gasteiger partial charge in [-0.2, -0.15) is 18.3 Å². The van der Waals surface area contributed by atoms with E-state index in [0.29, 0.717) is 22.5 Å². The summed E-state index contributed by atoms with van der Waals surface area (Å²) in [4.78, 5) is 8.16. The molecule has 12 heteroatoms. The zero-order chi connectivity index (χ0) is 22.2. The third kappa shape index (κ3) is 4.28. The summed E-state index contributed by atoms with van der Waals surface area (Å²) in [6.07, 6.45) is -1.66. The molecule has 0 unspecified atom stereocenters. The molecule has 0 saturated heterocycles. The van der Waals surface area contributed by atoms with Crippen LogP contribution in [0.15, 0.2) is 66.0 Å². The van der Waals surface area contributed by atoms with Crippen LogP contribution in [-0.4, -0.2) is 28.2 Å². The second-order valence-electron chi connectivity index (χ2n) is 6.56. The molecule has 2 heterocycles. The fourth-order valence-corrected chi connectivity index (χ4v) is 4.01. The lowest BCUT2D eigenvalue weighted by molar-refractivity contribution is -0.137. The van der Waals surface area contributed by atoms with E-state index in [1.165, 1.54) is 30.6 Å². The first-order chi connectivity index (χ1) is 14.6. The Morgan fingerprint density at radius 1 is 1.00 bits per heavy atom. The predicted octanol–water partition coefficient (Wildman–Crippen LogP) is 3.93. The molecule has 0 spiro atoms. The average Bonchev–Trinajstić information content (AvgIpc) is 3.10. The Bertz CT molecular complexity index is 1370. The van der Waals surface area contributed by atoms with Crippen molar-refractivity contribution in [3.8, 4) is 0 Å². The number of hydrogen-bond donors (Lipinski definition) is 2. The van der Waals surface area contributed by atoms with Gasteiger partial charge in [0, 0.05) is 18.4 Å². The Hall–Kier alpha value is -3.67. The molecule has 160 valence electrons. The molecule has 0 fully saturated rings. The lowest BCUT2D eigenvalue weighted by atomic mass is 10.2. The highest BCUT2D eigenvalue weighted by Crippen LogP contribution is 2.31. The maximum Gasteiger partial charge on any atom is 0.416 e. The number of aromatic nitrogens is 4. The number of fused-ring (bicyclic) bond motifs is 1. The van der Waals surface area contributed by atoms with E-state index in [4.69, 9.17) is 0 Å². The monoisotopic (exact) mass is 448 g/mol. The molecule has 4 aromatic rings. The molecule has 0 saturated carbocycles. The van der Waals surface area contributed by atoms with Crippen molar-refractivity contribution in [2.75, 3.05) is 10.0 Å². The van der Waals surface area contributed by atoms with Gasteiger partial charge in [0.15, 0.2) is 5.65 Å². The summed E-state index contributed by atoms with van der Waals surface area (Å²) in [7, 11) is -2.41. The minimum Gasteiger partial charge on any atom is -0.339 e. The molecular weight excluding hydrogens is 433 g/mol. The Morgan fingerprint density at radius 2 is 1.74 bits per heavy atom. The van der Waals surface area contributed by atoms with Crippen LogP contribution in [0, 0.1) is 0 Å². The first-order valence-corrected chi connectivity index (χ1v) is 10.3. The Labute approximate surface area is 174 Å². The van der Waals surface area contributed by atoms with Crippen molar-refractivity contribution in [1.82, 2.24) is 19.7 Å². The first-order valence-electron chi connectivity index (χ1n) is 8.83. The molecule has 2 N–H and O–H groups in total. The quantitative estimate of drug-likeness (QED) is 0.480. The topological polar surface area (TPSA) is 102 Å². The Morgan fingerprint density at radius 3 is 2.52 bits per heavy atom. The van der Waals surface area contributed by atoms with E-state index in [1.54, 1.807) is 24.0 Å². The van der Waals surface area contributed by atoms with E-state index in [2.05, 4.69) is 25.1 Å². The van der Waals surface area contributed by atoms with Crippen LogP contribution in [-0.2, 0) is 23.2 Å². The van der Waals surface area contributed by atoms with Gasteiger partial charge in [0.05, 0.1) is 22.0 Å². The van der Waals surface area contributed by atoms with Gasteiger partial charge >= 0.3 is 6.18 Å². The molecule has 0 radical (unpaired) electrons. The van der Waals surface area contributed by atoms with Gasteiger partial charge in [-0.05, 0) is 36.4 Å². The summed E-state index contributed by atoms with van der Waals surface area (Å²) in [5, 5.41) is 7.77. The molecule has 0 amide bonds. The molecular formula is C19H15F3N6O2S. The summed E-state index contributed by atoms with van der Waals surface area (Å²) >= 11 is 0. The highest BCUT2D eigenvalue weighted by Gasteiger charge is 2.30. The molecule has 2 aromatic carbocycles. The first kappa shape index (κ1) is 20.6. The number of rotatable bonds is 5. The molecule has 0 bridgehead atoms. The number of alkyl halides is 3. The van der Waals surface area contributed by atoms with Crippen molar-refractivity contribution in [3.63, 3.8) is 0 Å². The van der Waals surface area contributed by atoms with Gasteiger partial charge < -0.3 is 5.32 Å². The van der Waals surface area contributed by atoms with E-state index in [1.807, 2.05) is 0 Å². The van der Waals surface area contributed by atoms with Crippen LogP contribution in [0.5, 0.6) is 0 Å². The van der Waals surface area contributed by atoms with Gasteiger partial charge in [0.1, 0.15) is 12.1 Å². The number of hydrogen-bond acceptors (Lipinski definition) is 6. The van der Waals surface area contributed by atoms with Crippen LogP contribution in [0.3, 0.4) is 0 Å². The summed E-state index contributed by atoms with van der Waals surface area (Å²) < 4.78 is 67.9. The van der Waals surface area contributed by atoms with Gasteiger partial charge in [-0.3, -0.25) is 9.40 Å². The molecule has 4 rings (SSSR count). The molecule has 2 aromatic heterocycles. The van der Waals surface area contributed by atoms with Crippen molar-refractivity contribution >= 4 is 38.2 Å². The second-order valence-corrected chi connectivity index (χ2v) is 8.25. The fourth-order valence-electron chi connectivity index (χ4n) is 2.91. The van der Waals surface area contributed by atoms with Crippen molar-refractivity contribution in [1.29, 1.82) is 0 Å². The van der Waals surface area contributed by atoms with Crippen LogP contribution in [0.4, 0.5) is 30.4 Å². The van der Waals surface area contributed by atoms with Gasteiger partial charge in [-0.1, -0.05) is 12.1 Å². The number of nitrogens with zero attached hydrogens (tertiary/aromatic N) is 4. The molecule has 0 aliphatic heterocycles. The summed E-state index contributed by atoms with van der Waals surface area (Å²) in [5.41, 5.74) is -0.142. The van der Waals surface area contributed by atoms with Gasteiger partial charge in [0.2, 0.25) is 0 Å². The normalized spacial score (nSPS) is 12.1. The van der Waals surface area contributed by atoms with Crippen molar-refractivity contribution in [3.05, 3.63) is 66.6 Å². The second kappa shape index (κ2) is 7.54. The minimum atomic E-state index is -4.58. The number of benzene rings is 2. The SMILES string of the molecule is Cn1ncc2c(Nc3cccc(S(=O)(=O)Nc4cccc(C(F)(F)F)c4)c3)ncnc21. The third-order valence-corrected chi connectivity index (χ3v) is 5.76. The number of nitrogens with one attached hydrogen (secondary N) is 2. The van der Waals surface area contributed by atoms with E-state index in [0.717, 1.165) is 18.2 Å². The maximum absolute atomic E-state index is 12.9. The zero-order valence-electron chi connectivity index (χ0n) is 15.9. The maximum atomic E-state index is 12.9. The minimum absolute atomic E-state index is 0.133. The van der Waals surface area contributed by atoms with Crippen LogP contribution in [0.25, 0.3) is 11.0 Å². The van der Waals surface area contributed by atoms with Crippen LogP contribution in [0.1, 0.15) is 5.56 Å². The van der Waals surface area contributed by atoms with Crippen LogP contribution in [0.2, 0.25) is 0 Å². The Balaban J connectivity index is 1.61. The average molecular weight is 448 g/mol.